The van der Waals surface area contributed by atoms with Crippen LogP contribution in [0, 0.1) is 0 Å². The average molecular weight is 504 g/mol. The average Bonchev–Trinajstić information content (AvgIpc) is 3.20. The second kappa shape index (κ2) is 11.3. The minimum absolute atomic E-state index is 0.249. The van der Waals surface area contributed by atoms with Crippen LogP contribution >= 0.6 is 0 Å². The van der Waals surface area contributed by atoms with Crippen LogP contribution in [0.4, 0.5) is 17.6 Å². The van der Waals surface area contributed by atoms with Gasteiger partial charge in [0.15, 0.2) is 0 Å². The molecular weight excluding hydrogens is 466 g/mol. The number of aryl methyl sites for hydroxylation is 2. The maximum absolute atomic E-state index is 13.8. The molecule has 1 aromatic heterocycles. The number of fused-ring (bicyclic) bond motifs is 3. The highest BCUT2D eigenvalue weighted by Gasteiger charge is 2.42. The molecule has 2 heterocycles. The van der Waals surface area contributed by atoms with Crippen LogP contribution in [-0.4, -0.2) is 60.4 Å². The Morgan fingerprint density at radius 2 is 1.83 bits per heavy atom. The highest BCUT2D eigenvalue weighted by Crippen LogP contribution is 2.43. The summed E-state index contributed by atoms with van der Waals surface area (Å²) in [7, 11) is 2.00. The Labute approximate surface area is 211 Å². The van der Waals surface area contributed by atoms with E-state index in [1.165, 1.54) is 0 Å². The number of nitrogens with one attached hydrogen (secondary N) is 1. The molecule has 7 heteroatoms. The topological polar surface area (TPSA) is 22.3 Å². The number of hydrogen-bond donors (Lipinski definition) is 1. The molecule has 1 aliphatic heterocycles. The molecule has 196 valence electrons. The van der Waals surface area contributed by atoms with Crippen LogP contribution in [0.3, 0.4) is 0 Å². The zero-order valence-corrected chi connectivity index (χ0v) is 21.5. The lowest BCUT2D eigenvalue weighted by molar-refractivity contribution is -0.155. The SMILES string of the molecule is CCc1ccc(CCCN(C)CCCF)cc1C1c2[nH]c3ccccc3c2C[C@@H](C)N1CC(F)(F)F. The van der Waals surface area contributed by atoms with Gasteiger partial charge in [0, 0.05) is 29.2 Å². The van der Waals surface area contributed by atoms with Crippen LogP contribution in [0.5, 0.6) is 0 Å². The molecule has 0 saturated carbocycles. The first-order valence-electron chi connectivity index (χ1n) is 13.0. The third-order valence-electron chi connectivity index (χ3n) is 7.44. The van der Waals surface area contributed by atoms with E-state index in [0.717, 1.165) is 71.2 Å². The molecule has 0 amide bonds. The lowest BCUT2D eigenvalue weighted by atomic mass is 9.85. The Morgan fingerprint density at radius 3 is 2.56 bits per heavy atom. The summed E-state index contributed by atoms with van der Waals surface area (Å²) >= 11 is 0. The van der Waals surface area contributed by atoms with Gasteiger partial charge >= 0.3 is 6.18 Å². The van der Waals surface area contributed by atoms with Crippen molar-refractivity contribution in [1.29, 1.82) is 0 Å². The van der Waals surface area contributed by atoms with Gasteiger partial charge in [0.1, 0.15) is 0 Å². The molecule has 0 fully saturated rings. The molecule has 2 aromatic carbocycles. The van der Waals surface area contributed by atoms with E-state index in [4.69, 9.17) is 0 Å². The quantitative estimate of drug-likeness (QED) is 0.306. The molecule has 2 atom stereocenters. The van der Waals surface area contributed by atoms with Crippen LogP contribution in [0.1, 0.15) is 60.7 Å². The Bertz CT molecular complexity index is 1150. The van der Waals surface area contributed by atoms with Gasteiger partial charge in [0.05, 0.1) is 19.3 Å². The highest BCUT2D eigenvalue weighted by atomic mass is 19.4. The third-order valence-corrected chi connectivity index (χ3v) is 7.44. The summed E-state index contributed by atoms with van der Waals surface area (Å²) in [6.45, 7) is 4.30. The molecule has 3 aromatic rings. The van der Waals surface area contributed by atoms with Crippen molar-refractivity contribution in [3.8, 4) is 0 Å². The molecule has 0 aliphatic carbocycles. The minimum atomic E-state index is -4.29. The van der Waals surface area contributed by atoms with Crippen molar-refractivity contribution in [1.82, 2.24) is 14.8 Å². The van der Waals surface area contributed by atoms with Gasteiger partial charge in [0.25, 0.3) is 0 Å². The first-order valence-corrected chi connectivity index (χ1v) is 13.0. The van der Waals surface area contributed by atoms with E-state index >= 15 is 0 Å². The third kappa shape index (κ3) is 5.94. The molecular formula is C29H37F4N3. The highest BCUT2D eigenvalue weighted by molar-refractivity contribution is 5.85. The first kappa shape index (κ1) is 26.7. The smallest absolute Gasteiger partial charge is 0.357 e. The van der Waals surface area contributed by atoms with Crippen molar-refractivity contribution in [3.05, 3.63) is 70.4 Å². The van der Waals surface area contributed by atoms with E-state index in [2.05, 4.69) is 41.1 Å². The molecule has 3 nitrogen and oxygen atoms in total. The maximum atomic E-state index is 13.8. The van der Waals surface area contributed by atoms with Gasteiger partial charge in [-0.2, -0.15) is 13.2 Å². The normalized spacial score (nSPS) is 18.8. The summed E-state index contributed by atoms with van der Waals surface area (Å²) in [6.07, 6.45) is -0.672. The van der Waals surface area contributed by atoms with E-state index in [0.29, 0.717) is 12.8 Å². The number of para-hydroxylation sites is 1. The number of nitrogens with zero attached hydrogens (tertiary/aromatic N) is 2. The number of alkyl halides is 4. The minimum Gasteiger partial charge on any atom is -0.357 e. The summed E-state index contributed by atoms with van der Waals surface area (Å²) in [4.78, 5) is 7.26. The molecule has 4 rings (SSSR count). The number of aromatic amines is 1. The van der Waals surface area contributed by atoms with Gasteiger partial charge in [-0.1, -0.05) is 43.3 Å². The van der Waals surface area contributed by atoms with E-state index in [-0.39, 0.29) is 12.7 Å². The van der Waals surface area contributed by atoms with E-state index < -0.39 is 18.8 Å². The Kier molecular flexibility index (Phi) is 8.41. The van der Waals surface area contributed by atoms with Crippen molar-refractivity contribution >= 4 is 10.9 Å². The van der Waals surface area contributed by atoms with Crippen LogP contribution < -0.4 is 0 Å². The zero-order valence-electron chi connectivity index (χ0n) is 21.5. The Hall–Kier alpha value is -2.38. The number of halogens is 4. The van der Waals surface area contributed by atoms with Crippen LogP contribution in [0.15, 0.2) is 42.5 Å². The van der Waals surface area contributed by atoms with Crippen molar-refractivity contribution < 1.29 is 17.6 Å². The maximum Gasteiger partial charge on any atom is 0.401 e. The number of benzene rings is 2. The van der Waals surface area contributed by atoms with Gasteiger partial charge in [-0.3, -0.25) is 9.29 Å². The fourth-order valence-electron chi connectivity index (χ4n) is 5.67. The van der Waals surface area contributed by atoms with Gasteiger partial charge < -0.3 is 9.88 Å². The van der Waals surface area contributed by atoms with E-state index in [1.54, 1.807) is 4.90 Å². The molecule has 0 radical (unpaired) electrons. The van der Waals surface area contributed by atoms with Gasteiger partial charge in [0.2, 0.25) is 0 Å². The lowest BCUT2D eigenvalue weighted by Gasteiger charge is -2.42. The van der Waals surface area contributed by atoms with E-state index in [1.807, 2.05) is 32.2 Å². The molecule has 0 bridgehead atoms. The van der Waals surface area contributed by atoms with Gasteiger partial charge in [-0.05, 0) is 80.9 Å². The predicted octanol–water partition coefficient (Wildman–Crippen LogP) is 6.85. The summed E-state index contributed by atoms with van der Waals surface area (Å²) < 4.78 is 53.9. The molecule has 1 aliphatic rings. The molecule has 0 spiro atoms. The largest absolute Gasteiger partial charge is 0.401 e. The van der Waals surface area contributed by atoms with Gasteiger partial charge in [-0.25, -0.2) is 0 Å². The molecule has 1 N–H and O–H groups in total. The lowest BCUT2D eigenvalue weighted by Crippen LogP contribution is -2.47. The second-order valence-corrected chi connectivity index (χ2v) is 10.1. The fourth-order valence-corrected chi connectivity index (χ4v) is 5.67. The zero-order chi connectivity index (χ0) is 25.9. The van der Waals surface area contributed by atoms with Crippen LogP contribution in [0.2, 0.25) is 0 Å². The van der Waals surface area contributed by atoms with Crippen molar-refractivity contribution in [2.24, 2.45) is 0 Å². The van der Waals surface area contributed by atoms with Crippen molar-refractivity contribution in [2.45, 2.75) is 64.2 Å². The van der Waals surface area contributed by atoms with Gasteiger partial charge in [-0.15, -0.1) is 0 Å². The summed E-state index contributed by atoms with van der Waals surface area (Å²) in [6, 6.07) is 13.6. The van der Waals surface area contributed by atoms with Crippen LogP contribution in [-0.2, 0) is 19.3 Å². The fraction of sp³-hybridized carbons (Fsp3) is 0.517. The number of hydrogen-bond acceptors (Lipinski definition) is 2. The summed E-state index contributed by atoms with van der Waals surface area (Å²) in [5.74, 6) is 0. The molecule has 1 unspecified atom stereocenters. The molecule has 36 heavy (non-hydrogen) atoms. The Balaban J connectivity index is 1.72. The number of aromatic nitrogens is 1. The summed E-state index contributed by atoms with van der Waals surface area (Å²) in [5.41, 5.74) is 6.15. The number of H-pyrrole nitrogens is 1. The number of rotatable bonds is 10. The first-order chi connectivity index (χ1) is 17.2. The van der Waals surface area contributed by atoms with Crippen LogP contribution in [0.25, 0.3) is 10.9 Å². The standard InChI is InChI=1S/C29H37F4N3/c1-4-22-13-12-21(9-7-15-35(3)16-8-14-30)18-24(22)28-27-25(23-10-5-6-11-26(23)34-27)17-20(2)36(28)19-29(31,32)33/h5-6,10-13,18,20,28,34H,4,7-9,14-17,19H2,1-3H3/t20-,28?/m1/s1. The van der Waals surface area contributed by atoms with Crippen molar-refractivity contribution in [2.75, 3.05) is 33.4 Å². The second-order valence-electron chi connectivity index (χ2n) is 10.1. The molecule has 0 saturated heterocycles. The Morgan fingerprint density at radius 1 is 1.08 bits per heavy atom. The van der Waals surface area contributed by atoms with Crippen molar-refractivity contribution in [3.63, 3.8) is 0 Å². The monoisotopic (exact) mass is 503 g/mol. The predicted molar refractivity (Wildman–Crippen MR) is 138 cm³/mol. The van der Waals surface area contributed by atoms with E-state index in [9.17, 15) is 17.6 Å². The summed E-state index contributed by atoms with van der Waals surface area (Å²) in [5, 5.41) is 1.10.